The van der Waals surface area contributed by atoms with Gasteiger partial charge in [-0.25, -0.2) is 0 Å². The van der Waals surface area contributed by atoms with E-state index < -0.39 is 5.79 Å². The van der Waals surface area contributed by atoms with Crippen molar-refractivity contribution in [3.63, 3.8) is 0 Å². The van der Waals surface area contributed by atoms with Crippen molar-refractivity contribution in [3.05, 3.63) is 29.8 Å². The predicted molar refractivity (Wildman–Crippen MR) is 135 cm³/mol. The Labute approximate surface area is 207 Å². The molecular weight excluding hydrogens is 430 g/mol. The molecule has 0 bridgehead atoms. The van der Waals surface area contributed by atoms with Gasteiger partial charge in [-0.15, -0.1) is 0 Å². The molecule has 2 fully saturated rings. The van der Waals surface area contributed by atoms with Crippen molar-refractivity contribution in [2.45, 2.75) is 116 Å². The third-order valence-electron chi connectivity index (χ3n) is 6.68. The van der Waals surface area contributed by atoms with Gasteiger partial charge < -0.3 is 18.9 Å². The van der Waals surface area contributed by atoms with Gasteiger partial charge in [-0.1, -0.05) is 38.8 Å². The van der Waals surface area contributed by atoms with E-state index in [0.717, 1.165) is 69.7 Å². The van der Waals surface area contributed by atoms with Gasteiger partial charge in [0, 0.05) is 23.9 Å². The molecule has 6 heteroatoms. The highest BCUT2D eigenvalue weighted by Gasteiger charge is 2.55. The molecule has 34 heavy (non-hydrogen) atoms. The molecule has 0 saturated carbocycles. The number of hydrogen-bond acceptors (Lipinski definition) is 6. The van der Waals surface area contributed by atoms with E-state index in [-0.39, 0.29) is 23.3 Å². The van der Waals surface area contributed by atoms with Crippen LogP contribution in [0.1, 0.15) is 98.7 Å². The van der Waals surface area contributed by atoms with E-state index in [1.807, 2.05) is 12.1 Å². The van der Waals surface area contributed by atoms with Crippen LogP contribution in [-0.2, 0) is 19.0 Å². The van der Waals surface area contributed by atoms with Gasteiger partial charge in [-0.3, -0.25) is 4.84 Å². The molecule has 2 heterocycles. The van der Waals surface area contributed by atoms with E-state index in [2.05, 4.69) is 65.7 Å². The summed E-state index contributed by atoms with van der Waals surface area (Å²) in [4.78, 5) is 6.66. The SMILES string of the molecule is CCCCOC1(OCCCC)CC(C)(C)N(OC(C)c2ccc(OCC3CO3)cc2)C(C)(C)C1. The van der Waals surface area contributed by atoms with Crippen molar-refractivity contribution in [2.75, 3.05) is 26.4 Å². The summed E-state index contributed by atoms with van der Waals surface area (Å²) >= 11 is 0. The van der Waals surface area contributed by atoms with Crippen molar-refractivity contribution >= 4 is 0 Å². The molecule has 2 aliphatic rings. The molecule has 6 nitrogen and oxygen atoms in total. The van der Waals surface area contributed by atoms with E-state index in [1.54, 1.807) is 0 Å². The molecule has 2 atom stereocenters. The summed E-state index contributed by atoms with van der Waals surface area (Å²) in [6.07, 6.45) is 6.02. The maximum absolute atomic E-state index is 6.66. The Hall–Kier alpha value is -1.18. The number of nitrogens with zero attached hydrogens (tertiary/aromatic N) is 1. The molecule has 0 aliphatic carbocycles. The Bertz CT molecular complexity index is 714. The van der Waals surface area contributed by atoms with E-state index in [1.165, 1.54) is 0 Å². The average molecular weight is 478 g/mol. The second kappa shape index (κ2) is 11.7. The Morgan fingerprint density at radius 3 is 1.94 bits per heavy atom. The second-order valence-electron chi connectivity index (χ2n) is 11.2. The maximum atomic E-state index is 6.66. The van der Waals surface area contributed by atoms with Gasteiger partial charge in [-0.05, 0) is 65.2 Å². The van der Waals surface area contributed by atoms with Crippen LogP contribution in [0.4, 0.5) is 0 Å². The first-order valence-corrected chi connectivity index (χ1v) is 13.2. The fraction of sp³-hybridized carbons (Fsp3) is 0.786. The van der Waals surface area contributed by atoms with Crippen LogP contribution in [0.2, 0.25) is 0 Å². The highest BCUT2D eigenvalue weighted by molar-refractivity contribution is 5.28. The summed E-state index contributed by atoms with van der Waals surface area (Å²) in [7, 11) is 0. The van der Waals surface area contributed by atoms with Gasteiger partial charge in [-0.2, -0.15) is 5.06 Å². The number of hydroxylamine groups is 2. The first-order valence-electron chi connectivity index (χ1n) is 13.2. The van der Waals surface area contributed by atoms with Crippen LogP contribution < -0.4 is 4.74 Å². The topological polar surface area (TPSA) is 52.7 Å². The number of epoxide rings is 1. The molecule has 1 aromatic rings. The molecule has 2 unspecified atom stereocenters. The molecular formula is C28H47NO5. The van der Waals surface area contributed by atoms with Crippen molar-refractivity contribution < 1.29 is 23.8 Å². The van der Waals surface area contributed by atoms with Crippen LogP contribution >= 0.6 is 0 Å². The minimum Gasteiger partial charge on any atom is -0.491 e. The second-order valence-corrected chi connectivity index (χ2v) is 11.2. The summed E-state index contributed by atoms with van der Waals surface area (Å²) in [5, 5.41) is 2.18. The largest absolute Gasteiger partial charge is 0.491 e. The lowest BCUT2D eigenvalue weighted by molar-refractivity contribution is -0.368. The maximum Gasteiger partial charge on any atom is 0.171 e. The van der Waals surface area contributed by atoms with Crippen LogP contribution in [0, 0.1) is 0 Å². The fourth-order valence-corrected chi connectivity index (χ4v) is 5.09. The van der Waals surface area contributed by atoms with Gasteiger partial charge in [0.15, 0.2) is 5.79 Å². The first kappa shape index (κ1) is 27.4. The summed E-state index contributed by atoms with van der Waals surface area (Å²) in [5.74, 6) is 0.286. The van der Waals surface area contributed by atoms with Crippen molar-refractivity contribution in [2.24, 2.45) is 0 Å². The molecule has 1 aromatic carbocycles. The smallest absolute Gasteiger partial charge is 0.171 e. The molecule has 0 spiro atoms. The third-order valence-corrected chi connectivity index (χ3v) is 6.68. The summed E-state index contributed by atoms with van der Waals surface area (Å²) in [5.41, 5.74) is 0.598. The van der Waals surface area contributed by atoms with Gasteiger partial charge in [0.1, 0.15) is 24.6 Å². The molecule has 0 N–H and O–H groups in total. The summed E-state index contributed by atoms with van der Waals surface area (Å²) in [6.45, 7) is 18.3. The Morgan fingerprint density at radius 2 is 1.47 bits per heavy atom. The normalized spacial score (nSPS) is 24.0. The lowest BCUT2D eigenvalue weighted by Gasteiger charge is -2.58. The number of piperidine rings is 1. The molecule has 0 amide bonds. The quantitative estimate of drug-likeness (QED) is 0.175. The highest BCUT2D eigenvalue weighted by atomic mass is 16.7. The number of rotatable bonds is 14. The number of unbranched alkanes of at least 4 members (excludes halogenated alkanes) is 2. The average Bonchev–Trinajstić information content (AvgIpc) is 3.59. The van der Waals surface area contributed by atoms with Crippen LogP contribution in [0.15, 0.2) is 24.3 Å². The first-order chi connectivity index (χ1) is 16.1. The summed E-state index contributed by atoms with van der Waals surface area (Å²) < 4.78 is 24.0. The van der Waals surface area contributed by atoms with Crippen molar-refractivity contribution in [1.82, 2.24) is 5.06 Å². The van der Waals surface area contributed by atoms with Crippen LogP contribution in [0.3, 0.4) is 0 Å². The van der Waals surface area contributed by atoms with Gasteiger partial charge in [0.2, 0.25) is 0 Å². The molecule has 194 valence electrons. The minimum absolute atomic E-state index is 0.0890. The standard InChI is InChI=1S/C28H47NO5/c1-8-10-16-32-28(33-17-11-9-2)20-26(4,5)29(27(6,7)21-28)34-22(3)23-12-14-24(15-13-23)30-18-25-19-31-25/h12-15,22,25H,8-11,16-21H2,1-7H3. The monoisotopic (exact) mass is 477 g/mol. The van der Waals surface area contributed by atoms with Crippen LogP contribution in [0.25, 0.3) is 0 Å². The Morgan fingerprint density at radius 1 is 0.941 bits per heavy atom. The molecule has 0 radical (unpaired) electrons. The lowest BCUT2D eigenvalue weighted by Crippen LogP contribution is -2.66. The Kier molecular flexibility index (Phi) is 9.43. The number of benzene rings is 1. The van der Waals surface area contributed by atoms with Crippen LogP contribution in [-0.4, -0.2) is 54.5 Å². The fourth-order valence-electron chi connectivity index (χ4n) is 5.09. The predicted octanol–water partition coefficient (Wildman–Crippen LogP) is 6.44. The molecule has 2 aliphatic heterocycles. The zero-order chi connectivity index (χ0) is 24.8. The van der Waals surface area contributed by atoms with E-state index in [0.29, 0.717) is 6.61 Å². The third kappa shape index (κ3) is 7.41. The molecule has 0 aromatic heterocycles. The zero-order valence-electron chi connectivity index (χ0n) is 22.5. The molecule has 2 saturated heterocycles. The zero-order valence-corrected chi connectivity index (χ0v) is 22.5. The van der Waals surface area contributed by atoms with Crippen molar-refractivity contribution in [3.8, 4) is 5.75 Å². The molecule has 3 rings (SSSR count). The van der Waals surface area contributed by atoms with Gasteiger partial charge in [0.25, 0.3) is 0 Å². The van der Waals surface area contributed by atoms with Gasteiger partial charge >= 0.3 is 0 Å². The minimum atomic E-state index is -0.579. The highest BCUT2D eigenvalue weighted by Crippen LogP contribution is 2.47. The van der Waals surface area contributed by atoms with Crippen LogP contribution in [0.5, 0.6) is 5.75 Å². The summed E-state index contributed by atoms with van der Waals surface area (Å²) in [6, 6.07) is 8.20. The van der Waals surface area contributed by atoms with E-state index >= 15 is 0 Å². The number of hydrogen-bond donors (Lipinski definition) is 0. The van der Waals surface area contributed by atoms with Gasteiger partial charge in [0.05, 0.1) is 19.8 Å². The van der Waals surface area contributed by atoms with Crippen molar-refractivity contribution in [1.29, 1.82) is 0 Å². The Balaban J connectivity index is 1.68. The lowest BCUT2D eigenvalue weighted by atomic mass is 9.77. The van der Waals surface area contributed by atoms with E-state index in [4.69, 9.17) is 23.8 Å². The number of ether oxygens (including phenoxy) is 4. The van der Waals surface area contributed by atoms with E-state index in [9.17, 15) is 0 Å².